The Morgan fingerprint density at radius 1 is 0.400 bits per heavy atom. The molecule has 0 saturated carbocycles. The first kappa shape index (κ1) is 32.3. The highest BCUT2D eigenvalue weighted by Gasteiger charge is 2.19. The van der Waals surface area contributed by atoms with Crippen molar-refractivity contribution >= 4 is 69.9 Å². The minimum absolute atomic E-state index is 0.0981. The maximum atomic E-state index is 11.3. The van der Waals surface area contributed by atoms with Gasteiger partial charge in [-0.1, -0.05) is 0 Å². The van der Waals surface area contributed by atoms with Gasteiger partial charge in [-0.15, -0.1) is 0 Å². The molecule has 0 fully saturated rings. The van der Waals surface area contributed by atoms with Crippen molar-refractivity contribution in [3.63, 3.8) is 0 Å². The SMILES string of the molecule is O=C(O)c1ccc(Nc2nc(-c3nc(Nc4ccc(C(=O)O)cc4)c(Nc4ccc(C(=O)O)cc4)[nH]3)[nH]c2Nc2ccc(C(=O)O)cc2)cc1. The van der Waals surface area contributed by atoms with Crippen LogP contribution in [0.3, 0.4) is 0 Å². The van der Waals surface area contributed by atoms with Gasteiger partial charge in [-0.25, -0.2) is 29.1 Å². The molecule has 2 heterocycles. The molecule has 0 unspecified atom stereocenters. The summed E-state index contributed by atoms with van der Waals surface area (Å²) in [7, 11) is 0. The summed E-state index contributed by atoms with van der Waals surface area (Å²) in [5.74, 6) is -2.50. The Morgan fingerprint density at radius 3 is 0.880 bits per heavy atom. The van der Waals surface area contributed by atoms with Gasteiger partial charge >= 0.3 is 23.9 Å². The first-order valence-electron chi connectivity index (χ1n) is 14.6. The molecule has 0 spiro atoms. The van der Waals surface area contributed by atoms with Gasteiger partial charge in [0.2, 0.25) is 0 Å². The van der Waals surface area contributed by atoms with Gasteiger partial charge in [0.1, 0.15) is 0 Å². The number of hydrogen-bond acceptors (Lipinski definition) is 10. The standard InChI is InChI=1S/C34H26N8O8/c43-31(44)17-1-9-21(10-2-17)35-25-26(36-22-11-3-18(4-12-22)32(45)46)40-29(39-25)30-41-27(37-23-13-5-19(6-14-23)33(47)48)28(42-30)38-24-15-7-20(8-16-24)34(49)50/h1-16,35-38H,(H,39,40)(H,41,42)(H,43,44)(H,45,46)(H,47,48)(H,49,50). The number of carboxylic acids is 4. The van der Waals surface area contributed by atoms with Crippen molar-refractivity contribution in [2.45, 2.75) is 0 Å². The fourth-order valence-electron chi connectivity index (χ4n) is 4.68. The van der Waals surface area contributed by atoms with E-state index in [2.05, 4.69) is 41.2 Å². The normalized spacial score (nSPS) is 10.6. The maximum absolute atomic E-state index is 11.3. The van der Waals surface area contributed by atoms with Gasteiger partial charge in [0.25, 0.3) is 0 Å². The number of rotatable bonds is 13. The molecule has 16 heteroatoms. The number of hydrogen-bond donors (Lipinski definition) is 10. The zero-order valence-electron chi connectivity index (χ0n) is 25.6. The molecule has 0 aliphatic heterocycles. The Bertz CT molecular complexity index is 1900. The number of imidazole rings is 2. The summed E-state index contributed by atoms with van der Waals surface area (Å²) in [5.41, 5.74) is 2.52. The number of benzene rings is 4. The second-order valence-electron chi connectivity index (χ2n) is 10.6. The van der Waals surface area contributed by atoms with Crippen LogP contribution in [0, 0.1) is 0 Å². The van der Waals surface area contributed by atoms with Crippen LogP contribution in [0.1, 0.15) is 41.4 Å². The molecule has 6 rings (SSSR count). The lowest BCUT2D eigenvalue weighted by Gasteiger charge is -2.09. The third-order valence-corrected chi connectivity index (χ3v) is 7.22. The quantitative estimate of drug-likeness (QED) is 0.0622. The van der Waals surface area contributed by atoms with Crippen LogP contribution in [0.5, 0.6) is 0 Å². The van der Waals surface area contributed by atoms with Crippen LogP contribution in [0.25, 0.3) is 11.6 Å². The Morgan fingerprint density at radius 2 is 0.640 bits per heavy atom. The van der Waals surface area contributed by atoms with Crippen molar-refractivity contribution in [1.82, 2.24) is 19.9 Å². The van der Waals surface area contributed by atoms with Gasteiger partial charge in [-0.05, 0) is 97.1 Å². The molecule has 0 amide bonds. The highest BCUT2D eigenvalue weighted by molar-refractivity contribution is 5.90. The minimum Gasteiger partial charge on any atom is -0.478 e. The molecule has 10 N–H and O–H groups in total. The van der Waals surface area contributed by atoms with Gasteiger partial charge in [0.15, 0.2) is 34.9 Å². The summed E-state index contributed by atoms with van der Waals surface area (Å²) in [6.45, 7) is 0. The van der Waals surface area contributed by atoms with Crippen LogP contribution in [-0.2, 0) is 0 Å². The van der Waals surface area contributed by atoms with E-state index in [4.69, 9.17) is 0 Å². The summed E-state index contributed by atoms with van der Waals surface area (Å²) < 4.78 is 0. The molecule has 0 bridgehead atoms. The van der Waals surface area contributed by atoms with Crippen LogP contribution < -0.4 is 21.3 Å². The van der Waals surface area contributed by atoms with Gasteiger partial charge in [0, 0.05) is 22.7 Å². The molecular formula is C34H26N8O8. The molecule has 0 atom stereocenters. The molecule has 2 aromatic heterocycles. The van der Waals surface area contributed by atoms with Gasteiger partial charge in [0.05, 0.1) is 22.3 Å². The number of nitrogens with zero attached hydrogens (tertiary/aromatic N) is 2. The minimum atomic E-state index is -1.08. The number of aromatic amines is 2. The van der Waals surface area contributed by atoms with E-state index in [9.17, 15) is 39.6 Å². The van der Waals surface area contributed by atoms with E-state index in [0.717, 1.165) is 0 Å². The van der Waals surface area contributed by atoms with Crippen LogP contribution in [0.4, 0.5) is 46.0 Å². The summed E-state index contributed by atoms with van der Waals surface area (Å²) >= 11 is 0. The summed E-state index contributed by atoms with van der Waals surface area (Å²) in [5, 5.41) is 49.8. The number of aromatic nitrogens is 4. The van der Waals surface area contributed by atoms with E-state index in [1.807, 2.05) is 0 Å². The number of aromatic carboxylic acids is 4. The summed E-state index contributed by atoms with van der Waals surface area (Å²) in [6, 6.07) is 24.1. The number of carbonyl (C=O) groups is 4. The predicted molar refractivity (Wildman–Crippen MR) is 183 cm³/mol. The molecule has 250 valence electrons. The lowest BCUT2D eigenvalue weighted by molar-refractivity contribution is 0.0686. The Hall–Kier alpha value is -7.62. The second-order valence-corrected chi connectivity index (χ2v) is 10.6. The smallest absolute Gasteiger partial charge is 0.335 e. The topological polar surface area (TPSA) is 255 Å². The van der Waals surface area contributed by atoms with E-state index in [0.29, 0.717) is 46.0 Å². The molecule has 0 saturated heterocycles. The van der Waals surface area contributed by atoms with E-state index in [1.54, 1.807) is 48.5 Å². The number of carboxylic acid groups (broad SMARTS) is 4. The Balaban J connectivity index is 1.37. The third-order valence-electron chi connectivity index (χ3n) is 7.22. The Labute approximate surface area is 281 Å². The fraction of sp³-hybridized carbons (Fsp3) is 0. The largest absolute Gasteiger partial charge is 0.478 e. The highest BCUT2D eigenvalue weighted by atomic mass is 16.4. The van der Waals surface area contributed by atoms with Gasteiger partial charge < -0.3 is 51.7 Å². The molecule has 50 heavy (non-hydrogen) atoms. The van der Waals surface area contributed by atoms with Gasteiger partial charge in [-0.3, -0.25) is 0 Å². The highest BCUT2D eigenvalue weighted by Crippen LogP contribution is 2.33. The van der Waals surface area contributed by atoms with Crippen molar-refractivity contribution in [2.75, 3.05) is 21.3 Å². The maximum Gasteiger partial charge on any atom is 0.335 e. The third kappa shape index (κ3) is 7.34. The second kappa shape index (κ2) is 13.6. The van der Waals surface area contributed by atoms with Crippen LogP contribution in [0.15, 0.2) is 97.1 Å². The zero-order valence-corrected chi connectivity index (χ0v) is 25.6. The van der Waals surface area contributed by atoms with Crippen molar-refractivity contribution in [2.24, 2.45) is 0 Å². The van der Waals surface area contributed by atoms with E-state index in [1.165, 1.54) is 48.5 Å². The first-order chi connectivity index (χ1) is 24.0. The molecule has 6 aromatic rings. The van der Waals surface area contributed by atoms with Crippen molar-refractivity contribution in [3.05, 3.63) is 119 Å². The summed E-state index contributed by atoms with van der Waals surface area (Å²) in [4.78, 5) is 61.1. The molecule has 0 radical (unpaired) electrons. The van der Waals surface area contributed by atoms with Crippen molar-refractivity contribution in [3.8, 4) is 11.6 Å². The number of H-pyrrole nitrogens is 2. The van der Waals surface area contributed by atoms with Gasteiger partial charge in [-0.2, -0.15) is 0 Å². The first-order valence-corrected chi connectivity index (χ1v) is 14.6. The fourth-order valence-corrected chi connectivity index (χ4v) is 4.68. The lowest BCUT2D eigenvalue weighted by atomic mass is 10.2. The van der Waals surface area contributed by atoms with Crippen LogP contribution >= 0.6 is 0 Å². The van der Waals surface area contributed by atoms with E-state index >= 15 is 0 Å². The molecule has 0 aliphatic carbocycles. The molecule has 4 aromatic carbocycles. The monoisotopic (exact) mass is 674 g/mol. The number of nitrogens with one attached hydrogen (secondary N) is 6. The van der Waals surface area contributed by atoms with E-state index in [-0.39, 0.29) is 33.9 Å². The van der Waals surface area contributed by atoms with Crippen molar-refractivity contribution < 1.29 is 39.6 Å². The van der Waals surface area contributed by atoms with Crippen LogP contribution in [-0.4, -0.2) is 64.2 Å². The average molecular weight is 675 g/mol. The molecule has 0 aliphatic rings. The molecule has 16 nitrogen and oxygen atoms in total. The zero-order chi connectivity index (χ0) is 35.4. The van der Waals surface area contributed by atoms with Crippen molar-refractivity contribution in [1.29, 1.82) is 0 Å². The summed E-state index contributed by atoms with van der Waals surface area (Å²) in [6.07, 6.45) is 0. The lowest BCUT2D eigenvalue weighted by Crippen LogP contribution is -2.00. The Kier molecular flexibility index (Phi) is 8.81. The number of anilines is 8. The average Bonchev–Trinajstić information content (AvgIpc) is 3.68. The predicted octanol–water partition coefficient (Wildman–Crippen LogP) is 6.57. The van der Waals surface area contributed by atoms with E-state index < -0.39 is 23.9 Å². The van der Waals surface area contributed by atoms with Crippen LogP contribution in [0.2, 0.25) is 0 Å². The molecular weight excluding hydrogens is 648 g/mol.